The molecule has 1 saturated carbocycles. The van der Waals surface area contributed by atoms with E-state index in [4.69, 9.17) is 4.74 Å². The minimum Gasteiger partial charge on any atom is -0.462 e. The van der Waals surface area contributed by atoms with Gasteiger partial charge in [-0.25, -0.2) is 0 Å². The highest BCUT2D eigenvalue weighted by Gasteiger charge is 2.43. The Kier molecular flexibility index (Phi) is 1.87. The Morgan fingerprint density at radius 2 is 2.33 bits per heavy atom. The normalized spacial score (nSPS) is 39.3. The van der Waals surface area contributed by atoms with E-state index in [-0.39, 0.29) is 12.1 Å². The molecule has 1 aliphatic heterocycles. The molecule has 2 aliphatic rings. The first-order valence-corrected chi connectivity index (χ1v) is 4.44. The van der Waals surface area contributed by atoms with E-state index in [1.807, 2.05) is 0 Å². The van der Waals surface area contributed by atoms with Crippen LogP contribution in [-0.4, -0.2) is 18.4 Å². The molecular formula is C9H12O3. The standard InChI is InChI=1S/C9H12O3/c10-4-3-7-6-1-2-8(7)12-9(11)5-6/h4,6-8H,1-3,5H2/t6-,7+,8-/m1/s1. The van der Waals surface area contributed by atoms with Gasteiger partial charge in [-0.1, -0.05) is 0 Å². The minimum atomic E-state index is -0.0790. The lowest BCUT2D eigenvalue weighted by atomic mass is 9.88. The Balaban J connectivity index is 2.08. The molecule has 2 fully saturated rings. The van der Waals surface area contributed by atoms with Crippen LogP contribution in [0, 0.1) is 11.8 Å². The SMILES string of the molecule is O=CC[C@H]1[C@@H]2CC[C@H]1OC(=O)C2. The third-order valence-corrected chi connectivity index (χ3v) is 2.99. The van der Waals surface area contributed by atoms with Gasteiger partial charge in [0.1, 0.15) is 12.4 Å². The molecule has 0 aromatic heterocycles. The van der Waals surface area contributed by atoms with Gasteiger partial charge in [-0.2, -0.15) is 0 Å². The molecule has 1 aliphatic carbocycles. The zero-order valence-corrected chi connectivity index (χ0v) is 6.86. The Labute approximate surface area is 71.1 Å². The van der Waals surface area contributed by atoms with Crippen molar-refractivity contribution < 1.29 is 14.3 Å². The van der Waals surface area contributed by atoms with Crippen LogP contribution >= 0.6 is 0 Å². The van der Waals surface area contributed by atoms with Crippen LogP contribution in [0.5, 0.6) is 0 Å². The van der Waals surface area contributed by atoms with Crippen molar-refractivity contribution in [1.29, 1.82) is 0 Å². The van der Waals surface area contributed by atoms with Crippen LogP contribution in [0.1, 0.15) is 25.7 Å². The number of esters is 1. The summed E-state index contributed by atoms with van der Waals surface area (Å²) in [6, 6.07) is 0. The van der Waals surface area contributed by atoms with Crippen molar-refractivity contribution in [2.24, 2.45) is 11.8 Å². The number of fused-ring (bicyclic) bond motifs is 2. The lowest BCUT2D eigenvalue weighted by molar-refractivity contribution is -0.158. The van der Waals surface area contributed by atoms with Gasteiger partial charge < -0.3 is 9.53 Å². The van der Waals surface area contributed by atoms with Crippen LogP contribution in [0.2, 0.25) is 0 Å². The molecule has 2 bridgehead atoms. The largest absolute Gasteiger partial charge is 0.462 e. The Morgan fingerprint density at radius 3 is 3.00 bits per heavy atom. The Hall–Kier alpha value is -0.860. The fourth-order valence-corrected chi connectivity index (χ4v) is 2.40. The highest BCUT2D eigenvalue weighted by molar-refractivity contribution is 5.71. The van der Waals surface area contributed by atoms with Crippen molar-refractivity contribution in [1.82, 2.24) is 0 Å². The quantitative estimate of drug-likeness (QED) is 0.455. The minimum absolute atomic E-state index is 0.0430. The zero-order chi connectivity index (χ0) is 8.55. The lowest BCUT2D eigenvalue weighted by Crippen LogP contribution is -2.32. The number of hydrogen-bond donors (Lipinski definition) is 0. The monoisotopic (exact) mass is 168 g/mol. The third-order valence-electron chi connectivity index (χ3n) is 2.99. The molecule has 0 radical (unpaired) electrons. The average Bonchev–Trinajstić information content (AvgIpc) is 2.32. The molecule has 0 aromatic carbocycles. The number of ether oxygens (including phenoxy) is 1. The first-order chi connectivity index (χ1) is 5.81. The van der Waals surface area contributed by atoms with Gasteiger partial charge in [0.25, 0.3) is 0 Å². The predicted molar refractivity (Wildman–Crippen MR) is 41.4 cm³/mol. The first kappa shape index (κ1) is 7.77. The molecule has 3 nitrogen and oxygen atoms in total. The topological polar surface area (TPSA) is 43.4 Å². The average molecular weight is 168 g/mol. The van der Waals surface area contributed by atoms with Crippen molar-refractivity contribution in [3.63, 3.8) is 0 Å². The highest BCUT2D eigenvalue weighted by atomic mass is 16.5. The fraction of sp³-hybridized carbons (Fsp3) is 0.778. The molecule has 0 spiro atoms. The van der Waals surface area contributed by atoms with Gasteiger partial charge >= 0.3 is 5.97 Å². The summed E-state index contributed by atoms with van der Waals surface area (Å²) in [5.74, 6) is 0.659. The molecule has 1 saturated heterocycles. The second kappa shape index (κ2) is 2.88. The highest BCUT2D eigenvalue weighted by Crippen LogP contribution is 2.41. The molecule has 0 N–H and O–H groups in total. The second-order valence-corrected chi connectivity index (χ2v) is 3.64. The molecule has 0 unspecified atom stereocenters. The number of carbonyl (C=O) groups excluding carboxylic acids is 2. The van der Waals surface area contributed by atoms with Crippen LogP contribution in [0.3, 0.4) is 0 Å². The van der Waals surface area contributed by atoms with Gasteiger partial charge in [-0.3, -0.25) is 4.79 Å². The number of carbonyl (C=O) groups is 2. The molecule has 66 valence electrons. The molecule has 2 rings (SSSR count). The number of hydrogen-bond acceptors (Lipinski definition) is 3. The van der Waals surface area contributed by atoms with E-state index in [0.717, 1.165) is 19.1 Å². The number of aldehydes is 1. The van der Waals surface area contributed by atoms with E-state index >= 15 is 0 Å². The van der Waals surface area contributed by atoms with Crippen molar-refractivity contribution in [3.05, 3.63) is 0 Å². The van der Waals surface area contributed by atoms with Gasteiger partial charge in [0.15, 0.2) is 0 Å². The zero-order valence-electron chi connectivity index (χ0n) is 6.86. The summed E-state index contributed by atoms with van der Waals surface area (Å²) in [5.41, 5.74) is 0. The summed E-state index contributed by atoms with van der Waals surface area (Å²) >= 11 is 0. The van der Waals surface area contributed by atoms with E-state index in [2.05, 4.69) is 0 Å². The van der Waals surface area contributed by atoms with E-state index in [1.54, 1.807) is 0 Å². The molecule has 1 heterocycles. The molecule has 0 aromatic rings. The summed E-state index contributed by atoms with van der Waals surface area (Å²) in [6.45, 7) is 0. The summed E-state index contributed by atoms with van der Waals surface area (Å²) in [5, 5.41) is 0. The summed E-state index contributed by atoms with van der Waals surface area (Å²) < 4.78 is 5.14. The van der Waals surface area contributed by atoms with Gasteiger partial charge in [-0.15, -0.1) is 0 Å². The van der Waals surface area contributed by atoms with Crippen molar-refractivity contribution in [3.8, 4) is 0 Å². The molecular weight excluding hydrogens is 156 g/mol. The van der Waals surface area contributed by atoms with E-state index in [1.165, 1.54) is 0 Å². The van der Waals surface area contributed by atoms with E-state index in [9.17, 15) is 9.59 Å². The van der Waals surface area contributed by atoms with Gasteiger partial charge in [0.05, 0.1) is 0 Å². The first-order valence-electron chi connectivity index (χ1n) is 4.44. The maximum atomic E-state index is 11.0. The van der Waals surface area contributed by atoms with Crippen LogP contribution in [-0.2, 0) is 14.3 Å². The van der Waals surface area contributed by atoms with Gasteiger partial charge in [0.2, 0.25) is 0 Å². The lowest BCUT2D eigenvalue weighted by Gasteiger charge is -2.27. The van der Waals surface area contributed by atoms with Crippen LogP contribution in [0.15, 0.2) is 0 Å². The van der Waals surface area contributed by atoms with Crippen molar-refractivity contribution >= 4 is 12.3 Å². The second-order valence-electron chi connectivity index (χ2n) is 3.64. The maximum absolute atomic E-state index is 11.0. The van der Waals surface area contributed by atoms with Crippen molar-refractivity contribution in [2.75, 3.05) is 0 Å². The molecule has 12 heavy (non-hydrogen) atoms. The number of rotatable bonds is 2. The Morgan fingerprint density at radius 1 is 1.50 bits per heavy atom. The van der Waals surface area contributed by atoms with Gasteiger partial charge in [0, 0.05) is 18.8 Å². The smallest absolute Gasteiger partial charge is 0.306 e. The third kappa shape index (κ3) is 1.13. The summed E-state index contributed by atoms with van der Waals surface area (Å²) in [6.07, 6.45) is 4.07. The van der Waals surface area contributed by atoms with Gasteiger partial charge in [-0.05, 0) is 18.8 Å². The molecule has 3 atom stereocenters. The summed E-state index contributed by atoms with van der Waals surface area (Å²) in [4.78, 5) is 21.3. The maximum Gasteiger partial charge on any atom is 0.306 e. The summed E-state index contributed by atoms with van der Waals surface area (Å²) in [7, 11) is 0. The molecule has 3 heteroatoms. The fourth-order valence-electron chi connectivity index (χ4n) is 2.40. The van der Waals surface area contributed by atoms with Crippen LogP contribution in [0.4, 0.5) is 0 Å². The van der Waals surface area contributed by atoms with Crippen molar-refractivity contribution in [2.45, 2.75) is 31.8 Å². The van der Waals surface area contributed by atoms with Crippen LogP contribution < -0.4 is 0 Å². The molecule has 0 amide bonds. The van der Waals surface area contributed by atoms with E-state index in [0.29, 0.717) is 24.7 Å². The van der Waals surface area contributed by atoms with Crippen LogP contribution in [0.25, 0.3) is 0 Å². The van der Waals surface area contributed by atoms with E-state index < -0.39 is 0 Å². The Bertz CT molecular complexity index is 196. The predicted octanol–water partition coefficient (Wildman–Crippen LogP) is 0.917.